The third-order valence-electron chi connectivity index (χ3n) is 1.92. The van der Waals surface area contributed by atoms with E-state index in [1.54, 1.807) is 0 Å². The van der Waals surface area contributed by atoms with E-state index in [0.717, 1.165) is 11.8 Å². The first kappa shape index (κ1) is 14.3. The van der Waals surface area contributed by atoms with Crippen molar-refractivity contribution in [2.24, 2.45) is 11.8 Å². The van der Waals surface area contributed by atoms with E-state index in [2.05, 4.69) is 40.9 Å². The third-order valence-corrected chi connectivity index (χ3v) is 1.92. The lowest BCUT2D eigenvalue weighted by Crippen LogP contribution is -1.99. The zero-order chi connectivity index (χ0) is 9.98. The van der Waals surface area contributed by atoms with Crippen LogP contribution < -0.4 is 0 Å². The Morgan fingerprint density at radius 1 is 1.08 bits per heavy atom. The van der Waals surface area contributed by atoms with E-state index in [0.29, 0.717) is 0 Å². The third kappa shape index (κ3) is 12.4. The van der Waals surface area contributed by atoms with E-state index in [9.17, 15) is 0 Å². The van der Waals surface area contributed by atoms with Crippen LogP contribution >= 0.6 is 0 Å². The van der Waals surface area contributed by atoms with Gasteiger partial charge in [-0.25, -0.2) is 0 Å². The molecule has 0 aromatic carbocycles. The van der Waals surface area contributed by atoms with Crippen LogP contribution in [0.1, 0.15) is 53.4 Å². The molecular weight excluding hydrogens is 144 g/mol. The standard InChI is InChI=1S/C10H22.C2H4/c1-5-6-7-10(4)8-9(2)3;1-2/h9-10H,5-8H2,1-4H3;1-2H2. The molecule has 0 radical (unpaired) electrons. The predicted molar refractivity (Wildman–Crippen MR) is 59.4 cm³/mol. The molecule has 0 aromatic heterocycles. The minimum Gasteiger partial charge on any atom is -0.106 e. The lowest BCUT2D eigenvalue weighted by atomic mass is 9.94. The molecule has 0 amide bonds. The summed E-state index contributed by atoms with van der Waals surface area (Å²) in [5.41, 5.74) is 0. The summed E-state index contributed by atoms with van der Waals surface area (Å²) in [6, 6.07) is 0. The molecule has 0 nitrogen and oxygen atoms in total. The molecule has 0 aliphatic rings. The quantitative estimate of drug-likeness (QED) is 0.526. The van der Waals surface area contributed by atoms with Gasteiger partial charge in [0.2, 0.25) is 0 Å². The first-order valence-corrected chi connectivity index (χ1v) is 5.16. The van der Waals surface area contributed by atoms with Gasteiger partial charge in [0.1, 0.15) is 0 Å². The fourth-order valence-electron chi connectivity index (χ4n) is 1.48. The highest BCUT2D eigenvalue weighted by Crippen LogP contribution is 2.16. The molecule has 0 rings (SSSR count). The van der Waals surface area contributed by atoms with Gasteiger partial charge in [0.05, 0.1) is 0 Å². The van der Waals surface area contributed by atoms with E-state index < -0.39 is 0 Å². The van der Waals surface area contributed by atoms with Crippen LogP contribution in [-0.4, -0.2) is 0 Å². The van der Waals surface area contributed by atoms with Gasteiger partial charge in [-0.05, 0) is 18.3 Å². The first-order valence-electron chi connectivity index (χ1n) is 5.16. The van der Waals surface area contributed by atoms with E-state index in [4.69, 9.17) is 0 Å². The molecule has 1 unspecified atom stereocenters. The van der Waals surface area contributed by atoms with Crippen molar-refractivity contribution in [1.82, 2.24) is 0 Å². The van der Waals surface area contributed by atoms with Crippen molar-refractivity contribution >= 4 is 0 Å². The van der Waals surface area contributed by atoms with Gasteiger partial charge in [-0.3, -0.25) is 0 Å². The van der Waals surface area contributed by atoms with Crippen molar-refractivity contribution in [3.05, 3.63) is 13.2 Å². The highest BCUT2D eigenvalue weighted by atomic mass is 14.1. The zero-order valence-electron chi connectivity index (χ0n) is 9.40. The molecule has 0 fully saturated rings. The number of hydrogen-bond acceptors (Lipinski definition) is 0. The van der Waals surface area contributed by atoms with Crippen molar-refractivity contribution in [3.63, 3.8) is 0 Å². The van der Waals surface area contributed by atoms with Crippen LogP contribution in [0.4, 0.5) is 0 Å². The lowest BCUT2D eigenvalue weighted by molar-refractivity contribution is 0.404. The summed E-state index contributed by atoms with van der Waals surface area (Å²) in [6.45, 7) is 15.3. The van der Waals surface area contributed by atoms with Gasteiger partial charge in [-0.15, -0.1) is 13.2 Å². The summed E-state index contributed by atoms with van der Waals surface area (Å²) < 4.78 is 0. The fraction of sp³-hybridized carbons (Fsp3) is 0.833. The summed E-state index contributed by atoms with van der Waals surface area (Å²) in [5.74, 6) is 1.83. The molecule has 0 saturated heterocycles. The van der Waals surface area contributed by atoms with Crippen molar-refractivity contribution in [2.45, 2.75) is 53.4 Å². The van der Waals surface area contributed by atoms with Gasteiger partial charge in [0.15, 0.2) is 0 Å². The largest absolute Gasteiger partial charge is 0.106 e. The molecule has 74 valence electrons. The second-order valence-electron chi connectivity index (χ2n) is 3.88. The first-order chi connectivity index (χ1) is 5.66. The SMILES string of the molecule is C=C.CCCCC(C)CC(C)C. The van der Waals surface area contributed by atoms with E-state index in [1.807, 2.05) is 0 Å². The van der Waals surface area contributed by atoms with Crippen LogP contribution in [0.2, 0.25) is 0 Å². The second-order valence-corrected chi connectivity index (χ2v) is 3.88. The Morgan fingerprint density at radius 3 is 1.92 bits per heavy atom. The van der Waals surface area contributed by atoms with Crippen LogP contribution in [0.3, 0.4) is 0 Å². The minimum atomic E-state index is 0.881. The Bertz CT molecular complexity index is 74.1. The molecule has 12 heavy (non-hydrogen) atoms. The summed E-state index contributed by atoms with van der Waals surface area (Å²) in [7, 11) is 0. The Morgan fingerprint density at radius 2 is 1.58 bits per heavy atom. The van der Waals surface area contributed by atoms with Gasteiger partial charge in [0.25, 0.3) is 0 Å². The van der Waals surface area contributed by atoms with Gasteiger partial charge in [-0.2, -0.15) is 0 Å². The molecule has 0 N–H and O–H groups in total. The monoisotopic (exact) mass is 170 g/mol. The fourth-order valence-corrected chi connectivity index (χ4v) is 1.48. The van der Waals surface area contributed by atoms with Gasteiger partial charge >= 0.3 is 0 Å². The lowest BCUT2D eigenvalue weighted by Gasteiger charge is -2.12. The molecule has 0 spiro atoms. The highest BCUT2D eigenvalue weighted by Gasteiger charge is 2.03. The maximum absolute atomic E-state index is 3.00. The highest BCUT2D eigenvalue weighted by molar-refractivity contribution is 4.55. The molecule has 0 aromatic rings. The van der Waals surface area contributed by atoms with E-state index in [-0.39, 0.29) is 0 Å². The van der Waals surface area contributed by atoms with E-state index >= 15 is 0 Å². The summed E-state index contributed by atoms with van der Waals surface area (Å²) >= 11 is 0. The van der Waals surface area contributed by atoms with Gasteiger partial charge in [-0.1, -0.05) is 47.0 Å². The zero-order valence-corrected chi connectivity index (χ0v) is 9.40. The Hall–Kier alpha value is -0.260. The molecule has 1 atom stereocenters. The number of unbranched alkanes of at least 4 members (excludes halogenated alkanes) is 1. The maximum atomic E-state index is 3.00. The van der Waals surface area contributed by atoms with Crippen molar-refractivity contribution in [1.29, 1.82) is 0 Å². The maximum Gasteiger partial charge on any atom is -0.0440 e. The average molecular weight is 170 g/mol. The average Bonchev–Trinajstić information content (AvgIpc) is 2.03. The van der Waals surface area contributed by atoms with Crippen LogP contribution in [-0.2, 0) is 0 Å². The second kappa shape index (κ2) is 10.7. The predicted octanol–water partition coefficient (Wildman–Crippen LogP) is 4.66. The van der Waals surface area contributed by atoms with Crippen LogP contribution in [0.15, 0.2) is 13.2 Å². The summed E-state index contributed by atoms with van der Waals surface area (Å²) in [6.07, 6.45) is 5.59. The molecule has 0 aliphatic heterocycles. The number of hydrogen-bond donors (Lipinski definition) is 0. The molecule has 0 aliphatic carbocycles. The van der Waals surface area contributed by atoms with Crippen LogP contribution in [0.5, 0.6) is 0 Å². The van der Waals surface area contributed by atoms with Crippen LogP contribution in [0, 0.1) is 11.8 Å². The Kier molecular flexibility index (Phi) is 12.8. The molecule has 0 saturated carbocycles. The molecule has 0 heterocycles. The van der Waals surface area contributed by atoms with Gasteiger partial charge < -0.3 is 0 Å². The topological polar surface area (TPSA) is 0 Å². The molecule has 0 heteroatoms. The van der Waals surface area contributed by atoms with E-state index in [1.165, 1.54) is 25.7 Å². The summed E-state index contributed by atoms with van der Waals surface area (Å²) in [4.78, 5) is 0. The normalized spacial score (nSPS) is 12.1. The van der Waals surface area contributed by atoms with Crippen LogP contribution in [0.25, 0.3) is 0 Å². The number of rotatable bonds is 5. The van der Waals surface area contributed by atoms with Crippen molar-refractivity contribution in [3.8, 4) is 0 Å². The van der Waals surface area contributed by atoms with Crippen molar-refractivity contribution in [2.75, 3.05) is 0 Å². The molecular formula is C12H26. The molecule has 0 bridgehead atoms. The van der Waals surface area contributed by atoms with Crippen molar-refractivity contribution < 1.29 is 0 Å². The minimum absolute atomic E-state index is 0.881. The Labute approximate surface area is 79.1 Å². The smallest absolute Gasteiger partial charge is 0.0440 e. The van der Waals surface area contributed by atoms with Gasteiger partial charge in [0, 0.05) is 0 Å². The Balaban J connectivity index is 0. The summed E-state index contributed by atoms with van der Waals surface area (Å²) in [5, 5.41) is 0.